The molecule has 0 unspecified atom stereocenters. The van der Waals surface area contributed by atoms with Crippen LogP contribution in [0.5, 0.6) is 0 Å². The largest absolute Gasteiger partial charge is 0.370 e. The third-order valence-corrected chi connectivity index (χ3v) is 5.40. The van der Waals surface area contributed by atoms with Gasteiger partial charge in [0.15, 0.2) is 0 Å². The van der Waals surface area contributed by atoms with Gasteiger partial charge in [0, 0.05) is 24.2 Å². The first-order valence-electron chi connectivity index (χ1n) is 7.20. The van der Waals surface area contributed by atoms with E-state index in [9.17, 15) is 0 Å². The molecule has 1 aromatic carbocycles. The van der Waals surface area contributed by atoms with Gasteiger partial charge in [-0.2, -0.15) is 0 Å². The number of aryl methyl sites for hydroxylation is 1. The second-order valence-electron chi connectivity index (χ2n) is 7.29. The molecule has 3 rings (SSSR count). The zero-order valence-electron chi connectivity index (χ0n) is 12.4. The summed E-state index contributed by atoms with van der Waals surface area (Å²) in [6.07, 6.45) is 4.05. The Kier molecular flexibility index (Phi) is 2.36. The highest BCUT2D eigenvalue weighted by molar-refractivity contribution is 5.65. The van der Waals surface area contributed by atoms with Crippen LogP contribution in [0.25, 0.3) is 0 Å². The van der Waals surface area contributed by atoms with Gasteiger partial charge in [-0.15, -0.1) is 0 Å². The van der Waals surface area contributed by atoms with E-state index in [1.807, 2.05) is 0 Å². The molecule has 0 spiro atoms. The molecule has 1 fully saturated rings. The lowest BCUT2D eigenvalue weighted by molar-refractivity contribution is 0.128. The molecular formula is C17H25N. The van der Waals surface area contributed by atoms with Gasteiger partial charge in [-0.1, -0.05) is 44.9 Å². The van der Waals surface area contributed by atoms with Gasteiger partial charge in [0.1, 0.15) is 0 Å². The van der Waals surface area contributed by atoms with Gasteiger partial charge in [0.05, 0.1) is 0 Å². The summed E-state index contributed by atoms with van der Waals surface area (Å²) in [5.41, 5.74) is 5.20. The van der Waals surface area contributed by atoms with Crippen molar-refractivity contribution in [2.75, 3.05) is 11.9 Å². The van der Waals surface area contributed by atoms with E-state index in [0.29, 0.717) is 16.9 Å². The van der Waals surface area contributed by atoms with Gasteiger partial charge in [-0.25, -0.2) is 0 Å². The highest BCUT2D eigenvalue weighted by atomic mass is 15.2. The summed E-state index contributed by atoms with van der Waals surface area (Å²) in [5.74, 6) is 0. The molecule has 2 aliphatic rings. The van der Waals surface area contributed by atoms with Crippen molar-refractivity contribution in [2.24, 2.45) is 5.41 Å². The van der Waals surface area contributed by atoms with Crippen molar-refractivity contribution in [1.29, 1.82) is 0 Å². The van der Waals surface area contributed by atoms with Crippen LogP contribution in [-0.2, 0) is 5.41 Å². The summed E-state index contributed by atoms with van der Waals surface area (Å²) >= 11 is 0. The molecule has 1 nitrogen and oxygen atoms in total. The Labute approximate surface area is 111 Å². The van der Waals surface area contributed by atoms with Gasteiger partial charge in [0.2, 0.25) is 0 Å². The zero-order valence-corrected chi connectivity index (χ0v) is 12.4. The van der Waals surface area contributed by atoms with E-state index in [4.69, 9.17) is 0 Å². The minimum Gasteiger partial charge on any atom is -0.370 e. The molecule has 98 valence electrons. The second-order valence-corrected chi connectivity index (χ2v) is 7.29. The predicted molar refractivity (Wildman–Crippen MR) is 78.4 cm³/mol. The third kappa shape index (κ3) is 1.39. The van der Waals surface area contributed by atoms with Crippen LogP contribution in [0.4, 0.5) is 5.69 Å². The minimum absolute atomic E-state index is 0.345. The van der Waals surface area contributed by atoms with E-state index in [2.05, 4.69) is 57.8 Å². The summed E-state index contributed by atoms with van der Waals surface area (Å²) in [6.45, 7) is 9.60. The lowest BCUT2D eigenvalue weighted by atomic mass is 9.59. The number of rotatable bonds is 0. The fraction of sp³-hybridized carbons (Fsp3) is 0.647. The third-order valence-electron chi connectivity index (χ3n) is 5.40. The molecular weight excluding hydrogens is 218 g/mol. The maximum Gasteiger partial charge on any atom is 0.0432 e. The monoisotopic (exact) mass is 243 g/mol. The molecule has 0 amide bonds. The molecule has 0 N–H and O–H groups in total. The van der Waals surface area contributed by atoms with E-state index < -0.39 is 0 Å². The SMILES string of the molecule is Cc1ccc2c(c1)[C@]1(C)CCCC(C)(C)[C@@H]1N2C. The van der Waals surface area contributed by atoms with Crippen molar-refractivity contribution >= 4 is 5.69 Å². The van der Waals surface area contributed by atoms with Crippen molar-refractivity contribution in [3.63, 3.8) is 0 Å². The zero-order chi connectivity index (χ0) is 13.1. The lowest BCUT2D eigenvalue weighted by Crippen LogP contribution is -2.53. The summed E-state index contributed by atoms with van der Waals surface area (Å²) in [6, 6.07) is 7.65. The molecule has 1 heterocycles. The predicted octanol–water partition coefficient (Wildman–Crippen LogP) is 4.28. The van der Waals surface area contributed by atoms with Crippen LogP contribution in [0.2, 0.25) is 0 Å². The van der Waals surface area contributed by atoms with Crippen LogP contribution in [0.3, 0.4) is 0 Å². The summed E-state index contributed by atoms with van der Waals surface area (Å²) < 4.78 is 0. The van der Waals surface area contributed by atoms with Crippen LogP contribution in [-0.4, -0.2) is 13.1 Å². The van der Waals surface area contributed by atoms with Crippen LogP contribution < -0.4 is 4.90 Å². The average Bonchev–Trinajstić information content (AvgIpc) is 2.48. The van der Waals surface area contributed by atoms with Crippen molar-refractivity contribution in [2.45, 2.75) is 58.4 Å². The first-order chi connectivity index (χ1) is 8.36. The number of fused-ring (bicyclic) bond motifs is 3. The van der Waals surface area contributed by atoms with E-state index >= 15 is 0 Å². The summed E-state index contributed by atoms with van der Waals surface area (Å²) in [4.78, 5) is 2.55. The number of nitrogens with zero attached hydrogens (tertiary/aromatic N) is 1. The van der Waals surface area contributed by atoms with Crippen LogP contribution in [0, 0.1) is 12.3 Å². The van der Waals surface area contributed by atoms with Gasteiger partial charge in [-0.3, -0.25) is 0 Å². The van der Waals surface area contributed by atoms with Crippen molar-refractivity contribution in [3.05, 3.63) is 29.3 Å². The average molecular weight is 243 g/mol. The van der Waals surface area contributed by atoms with Crippen LogP contribution >= 0.6 is 0 Å². The highest BCUT2D eigenvalue weighted by Crippen LogP contribution is 2.57. The molecule has 1 heteroatoms. The molecule has 1 aliphatic heterocycles. The number of benzene rings is 1. The molecule has 1 saturated carbocycles. The van der Waals surface area contributed by atoms with Crippen LogP contribution in [0.15, 0.2) is 18.2 Å². The van der Waals surface area contributed by atoms with E-state index in [0.717, 1.165) is 0 Å². The summed E-state index contributed by atoms with van der Waals surface area (Å²) in [7, 11) is 2.29. The van der Waals surface area contributed by atoms with E-state index in [1.54, 1.807) is 5.56 Å². The second kappa shape index (κ2) is 3.53. The van der Waals surface area contributed by atoms with Crippen molar-refractivity contribution < 1.29 is 0 Å². The minimum atomic E-state index is 0.345. The van der Waals surface area contributed by atoms with Crippen LogP contribution in [0.1, 0.15) is 51.2 Å². The van der Waals surface area contributed by atoms with E-state index in [1.165, 1.54) is 30.5 Å². The van der Waals surface area contributed by atoms with Gasteiger partial charge in [0.25, 0.3) is 0 Å². The lowest BCUT2D eigenvalue weighted by Gasteiger charge is -2.49. The highest BCUT2D eigenvalue weighted by Gasteiger charge is 2.54. The molecule has 18 heavy (non-hydrogen) atoms. The molecule has 0 saturated heterocycles. The standard InChI is InChI=1S/C17H25N/c1-12-7-8-14-13(11-12)17(4)10-6-9-16(2,3)15(17)18(14)5/h7-8,11,15H,6,9-10H2,1-5H3/t15-,17-/m0/s1. The molecule has 0 aromatic heterocycles. The molecule has 1 aromatic rings. The number of anilines is 1. The van der Waals surface area contributed by atoms with Gasteiger partial charge < -0.3 is 4.90 Å². The Morgan fingerprint density at radius 3 is 2.61 bits per heavy atom. The van der Waals surface area contributed by atoms with Crippen molar-refractivity contribution in [1.82, 2.24) is 0 Å². The molecule has 2 atom stereocenters. The maximum absolute atomic E-state index is 2.55. The topological polar surface area (TPSA) is 3.24 Å². The first-order valence-corrected chi connectivity index (χ1v) is 7.20. The Morgan fingerprint density at radius 1 is 1.17 bits per heavy atom. The Morgan fingerprint density at radius 2 is 1.89 bits per heavy atom. The quantitative estimate of drug-likeness (QED) is 0.657. The fourth-order valence-corrected chi connectivity index (χ4v) is 4.83. The van der Waals surface area contributed by atoms with Crippen molar-refractivity contribution in [3.8, 4) is 0 Å². The summed E-state index contributed by atoms with van der Waals surface area (Å²) in [5, 5.41) is 0. The fourth-order valence-electron chi connectivity index (χ4n) is 4.83. The number of hydrogen-bond acceptors (Lipinski definition) is 1. The van der Waals surface area contributed by atoms with Gasteiger partial charge in [-0.05, 0) is 36.8 Å². The van der Waals surface area contributed by atoms with Gasteiger partial charge >= 0.3 is 0 Å². The normalized spacial score (nSPS) is 33.2. The Bertz CT molecular complexity index is 488. The number of hydrogen-bond donors (Lipinski definition) is 0. The maximum atomic E-state index is 2.55. The first kappa shape index (κ1) is 12.1. The molecule has 0 bridgehead atoms. The molecule has 0 radical (unpaired) electrons. The Balaban J connectivity index is 2.20. The number of likely N-dealkylation sites (N-methyl/N-ethyl adjacent to an activating group) is 1. The smallest absolute Gasteiger partial charge is 0.0432 e. The van der Waals surface area contributed by atoms with E-state index in [-0.39, 0.29) is 0 Å². The molecule has 1 aliphatic carbocycles. The Hall–Kier alpha value is -0.980.